The van der Waals surface area contributed by atoms with Crippen LogP contribution in [0.3, 0.4) is 0 Å². The van der Waals surface area contributed by atoms with Gasteiger partial charge in [-0.2, -0.15) is 0 Å². The molecule has 0 aromatic carbocycles. The lowest BCUT2D eigenvalue weighted by Gasteiger charge is -2.40. The third-order valence-electron chi connectivity index (χ3n) is 3.37. The zero-order chi connectivity index (χ0) is 15.0. The summed E-state index contributed by atoms with van der Waals surface area (Å²) >= 11 is 0. The van der Waals surface area contributed by atoms with Gasteiger partial charge in [0.25, 0.3) is 0 Å². The van der Waals surface area contributed by atoms with Crippen LogP contribution in [-0.2, 0) is 19.1 Å². The molecule has 7 nitrogen and oxygen atoms in total. The molecular weight excluding hydrogens is 262 g/mol. The summed E-state index contributed by atoms with van der Waals surface area (Å²) in [6.45, 7) is 1.87. The Labute approximate surface area is 119 Å². The maximum Gasteiger partial charge on any atom is 0.241 e. The summed E-state index contributed by atoms with van der Waals surface area (Å²) in [4.78, 5) is 25.1. The van der Waals surface area contributed by atoms with Crippen molar-refractivity contribution in [3.05, 3.63) is 0 Å². The fourth-order valence-corrected chi connectivity index (χ4v) is 2.02. The number of nitrogens with one attached hydrogen (secondary N) is 1. The molecule has 20 heavy (non-hydrogen) atoms. The molecule has 0 aliphatic carbocycles. The van der Waals surface area contributed by atoms with E-state index in [2.05, 4.69) is 5.32 Å². The highest BCUT2D eigenvalue weighted by Crippen LogP contribution is 2.19. The first-order chi connectivity index (χ1) is 9.60. The second-order valence-electron chi connectivity index (χ2n) is 4.85. The molecule has 3 N–H and O–H groups in total. The van der Waals surface area contributed by atoms with Crippen molar-refractivity contribution in [1.82, 2.24) is 10.2 Å². The van der Waals surface area contributed by atoms with E-state index < -0.39 is 6.04 Å². The maximum absolute atomic E-state index is 12.0. The zero-order valence-electron chi connectivity index (χ0n) is 12.3. The fraction of sp³-hybridized carbons (Fsp3) is 0.846. The first-order valence-electron chi connectivity index (χ1n) is 6.94. The molecule has 1 aliphatic rings. The number of hydrogen-bond donors (Lipinski definition) is 2. The number of carbonyl (C=O) groups is 2. The van der Waals surface area contributed by atoms with Gasteiger partial charge in [0, 0.05) is 46.8 Å². The number of rotatable bonds is 9. The van der Waals surface area contributed by atoms with Gasteiger partial charge in [-0.15, -0.1) is 0 Å². The first-order valence-corrected chi connectivity index (χ1v) is 6.94. The smallest absolute Gasteiger partial charge is 0.241 e. The molecule has 7 heteroatoms. The molecule has 2 atom stereocenters. The summed E-state index contributed by atoms with van der Waals surface area (Å²) in [5, 5.41) is 2.76. The second kappa shape index (κ2) is 8.89. The molecule has 0 radical (unpaired) electrons. The van der Waals surface area contributed by atoms with Crippen molar-refractivity contribution in [2.75, 3.05) is 33.9 Å². The summed E-state index contributed by atoms with van der Waals surface area (Å²) in [5.41, 5.74) is 5.82. The van der Waals surface area contributed by atoms with E-state index in [4.69, 9.17) is 15.2 Å². The lowest BCUT2D eigenvalue weighted by atomic mass is 10.1. The van der Waals surface area contributed by atoms with Crippen molar-refractivity contribution in [3.63, 3.8) is 0 Å². The van der Waals surface area contributed by atoms with Crippen molar-refractivity contribution in [2.24, 2.45) is 5.73 Å². The summed E-state index contributed by atoms with van der Waals surface area (Å²) in [6.07, 6.45) is 2.06. The van der Waals surface area contributed by atoms with E-state index >= 15 is 0 Å². The number of ether oxygens (including phenoxy) is 2. The van der Waals surface area contributed by atoms with Crippen molar-refractivity contribution in [2.45, 2.75) is 38.0 Å². The molecule has 0 aromatic heterocycles. The van der Waals surface area contributed by atoms with Gasteiger partial charge >= 0.3 is 0 Å². The largest absolute Gasteiger partial charge is 0.385 e. The van der Waals surface area contributed by atoms with Crippen LogP contribution in [0, 0.1) is 0 Å². The first kappa shape index (κ1) is 16.9. The Balaban J connectivity index is 2.17. The number of likely N-dealkylation sites (tertiary alicyclic amines) is 1. The molecule has 1 rings (SSSR count). The third kappa shape index (κ3) is 5.07. The van der Waals surface area contributed by atoms with Gasteiger partial charge in [-0.25, -0.2) is 0 Å². The lowest BCUT2D eigenvalue weighted by Crippen LogP contribution is -2.57. The SMILES string of the molecule is COCCCNC(=O)CCC(N)C(=O)N1CCC1OC. The van der Waals surface area contributed by atoms with Crippen LogP contribution in [-0.4, -0.2) is 62.9 Å². The molecule has 0 spiro atoms. The molecule has 116 valence electrons. The van der Waals surface area contributed by atoms with Crippen molar-refractivity contribution in [3.8, 4) is 0 Å². The quantitative estimate of drug-likeness (QED) is 0.555. The number of hydrogen-bond acceptors (Lipinski definition) is 5. The van der Waals surface area contributed by atoms with Gasteiger partial charge in [0.15, 0.2) is 0 Å². The molecule has 1 fully saturated rings. The predicted molar refractivity (Wildman–Crippen MR) is 73.8 cm³/mol. The Kier molecular flexibility index (Phi) is 7.50. The van der Waals surface area contributed by atoms with Gasteiger partial charge in [-0.1, -0.05) is 0 Å². The third-order valence-corrected chi connectivity index (χ3v) is 3.37. The summed E-state index contributed by atoms with van der Waals surface area (Å²) in [6, 6.07) is -0.641. The van der Waals surface area contributed by atoms with Crippen LogP contribution < -0.4 is 11.1 Å². The number of methoxy groups -OCH3 is 2. The van der Waals surface area contributed by atoms with Gasteiger partial charge in [0.05, 0.1) is 6.04 Å². The van der Waals surface area contributed by atoms with Crippen molar-refractivity contribution < 1.29 is 19.1 Å². The Hall–Kier alpha value is -1.18. The van der Waals surface area contributed by atoms with E-state index in [-0.39, 0.29) is 24.5 Å². The molecule has 0 aromatic rings. The predicted octanol–water partition coefficient (Wildman–Crippen LogP) is -0.549. The number of nitrogens with zero attached hydrogens (tertiary/aromatic N) is 1. The average molecular weight is 287 g/mol. The summed E-state index contributed by atoms with van der Waals surface area (Å²) < 4.78 is 10.0. The van der Waals surface area contributed by atoms with E-state index in [1.54, 1.807) is 19.1 Å². The molecule has 1 aliphatic heterocycles. The summed E-state index contributed by atoms with van der Waals surface area (Å²) in [7, 11) is 3.19. The lowest BCUT2D eigenvalue weighted by molar-refractivity contribution is -0.161. The van der Waals surface area contributed by atoms with Gasteiger partial charge in [-0.05, 0) is 12.8 Å². The normalized spacial score (nSPS) is 19.4. The topological polar surface area (TPSA) is 93.9 Å². The van der Waals surface area contributed by atoms with Crippen LogP contribution in [0.2, 0.25) is 0 Å². The van der Waals surface area contributed by atoms with Gasteiger partial charge < -0.3 is 25.4 Å². The maximum atomic E-state index is 12.0. The molecule has 0 bridgehead atoms. The average Bonchev–Trinajstić information content (AvgIpc) is 2.40. The number of carbonyl (C=O) groups excluding carboxylic acids is 2. The second-order valence-corrected chi connectivity index (χ2v) is 4.85. The highest BCUT2D eigenvalue weighted by Gasteiger charge is 2.34. The van der Waals surface area contributed by atoms with Gasteiger partial charge in [0.2, 0.25) is 11.8 Å². The van der Waals surface area contributed by atoms with Crippen LogP contribution >= 0.6 is 0 Å². The van der Waals surface area contributed by atoms with E-state index in [1.165, 1.54) is 0 Å². The standard InChI is InChI=1S/C13H25N3O4/c1-19-9-3-7-15-11(17)5-4-10(14)13(18)16-8-6-12(16)20-2/h10,12H,3-9,14H2,1-2H3,(H,15,17). The number of amides is 2. The Morgan fingerprint density at radius 1 is 1.45 bits per heavy atom. The van der Waals surface area contributed by atoms with E-state index in [9.17, 15) is 9.59 Å². The van der Waals surface area contributed by atoms with Crippen LogP contribution in [0.25, 0.3) is 0 Å². The Morgan fingerprint density at radius 2 is 2.20 bits per heavy atom. The van der Waals surface area contributed by atoms with Crippen LogP contribution in [0.15, 0.2) is 0 Å². The highest BCUT2D eigenvalue weighted by molar-refractivity contribution is 5.83. The van der Waals surface area contributed by atoms with Crippen molar-refractivity contribution >= 4 is 11.8 Å². The summed E-state index contributed by atoms with van der Waals surface area (Å²) in [5.74, 6) is -0.230. The molecule has 1 saturated heterocycles. The molecule has 0 saturated carbocycles. The molecule has 1 heterocycles. The van der Waals surface area contributed by atoms with E-state index in [0.29, 0.717) is 26.1 Å². The van der Waals surface area contributed by atoms with Gasteiger partial charge in [-0.3, -0.25) is 9.59 Å². The monoisotopic (exact) mass is 287 g/mol. The van der Waals surface area contributed by atoms with Gasteiger partial charge in [0.1, 0.15) is 6.23 Å². The van der Waals surface area contributed by atoms with E-state index in [0.717, 1.165) is 12.8 Å². The molecule has 2 unspecified atom stereocenters. The van der Waals surface area contributed by atoms with Crippen LogP contribution in [0.1, 0.15) is 25.7 Å². The van der Waals surface area contributed by atoms with E-state index in [1.807, 2.05) is 0 Å². The van der Waals surface area contributed by atoms with Crippen LogP contribution in [0.4, 0.5) is 0 Å². The molecule has 2 amide bonds. The Bertz CT molecular complexity index is 323. The Morgan fingerprint density at radius 3 is 2.75 bits per heavy atom. The van der Waals surface area contributed by atoms with Crippen molar-refractivity contribution in [1.29, 1.82) is 0 Å². The fourth-order valence-electron chi connectivity index (χ4n) is 2.02. The van der Waals surface area contributed by atoms with Crippen LogP contribution in [0.5, 0.6) is 0 Å². The minimum atomic E-state index is -0.641. The number of nitrogens with two attached hydrogens (primary N) is 1. The zero-order valence-corrected chi connectivity index (χ0v) is 12.3. The molecular formula is C13H25N3O4. The minimum absolute atomic E-state index is 0.0868. The minimum Gasteiger partial charge on any atom is -0.385 e. The highest BCUT2D eigenvalue weighted by atomic mass is 16.5.